The van der Waals surface area contributed by atoms with Crippen molar-refractivity contribution in [2.24, 2.45) is 0 Å². The molecule has 1 atom stereocenters. The fourth-order valence-corrected chi connectivity index (χ4v) is 2.89. The molecule has 0 aliphatic heterocycles. The first-order valence-electron chi connectivity index (χ1n) is 7.15. The van der Waals surface area contributed by atoms with Gasteiger partial charge in [0.05, 0.1) is 0 Å². The highest BCUT2D eigenvalue weighted by molar-refractivity contribution is 6.31. The van der Waals surface area contributed by atoms with Gasteiger partial charge >= 0.3 is 0 Å². The Morgan fingerprint density at radius 2 is 1.80 bits per heavy atom. The maximum atomic E-state index is 6.42. The predicted octanol–water partition coefficient (Wildman–Crippen LogP) is 4.85. The van der Waals surface area contributed by atoms with Gasteiger partial charge in [-0.05, 0) is 49.6 Å². The third-order valence-electron chi connectivity index (χ3n) is 3.50. The van der Waals surface area contributed by atoms with Crippen LogP contribution in [-0.2, 0) is 6.42 Å². The second-order valence-corrected chi connectivity index (χ2v) is 5.74. The molecule has 0 aromatic heterocycles. The summed E-state index contributed by atoms with van der Waals surface area (Å²) in [5.74, 6) is 0. The van der Waals surface area contributed by atoms with E-state index in [1.807, 2.05) is 6.07 Å². The van der Waals surface area contributed by atoms with Crippen LogP contribution in [0.1, 0.15) is 35.2 Å². The third-order valence-corrected chi connectivity index (χ3v) is 3.83. The monoisotopic (exact) mass is 287 g/mol. The molecule has 0 fully saturated rings. The summed E-state index contributed by atoms with van der Waals surface area (Å²) in [7, 11) is 0. The van der Waals surface area contributed by atoms with Crippen molar-refractivity contribution in [2.45, 2.75) is 33.2 Å². The molecule has 0 saturated heterocycles. The molecule has 0 aliphatic carbocycles. The highest BCUT2D eigenvalue weighted by Gasteiger charge is 2.14. The summed E-state index contributed by atoms with van der Waals surface area (Å²) in [6, 6.07) is 15.2. The van der Waals surface area contributed by atoms with Gasteiger partial charge in [0.1, 0.15) is 0 Å². The minimum Gasteiger partial charge on any atom is -0.310 e. The molecular formula is C18H22ClN. The fourth-order valence-electron chi connectivity index (χ4n) is 2.53. The van der Waals surface area contributed by atoms with Crippen LogP contribution in [0.4, 0.5) is 0 Å². The van der Waals surface area contributed by atoms with Gasteiger partial charge in [0.25, 0.3) is 0 Å². The quantitative estimate of drug-likeness (QED) is 0.829. The second kappa shape index (κ2) is 6.92. The van der Waals surface area contributed by atoms with Crippen LogP contribution in [0.2, 0.25) is 5.02 Å². The van der Waals surface area contributed by atoms with Crippen LogP contribution in [0, 0.1) is 13.8 Å². The zero-order valence-electron chi connectivity index (χ0n) is 12.4. The molecule has 0 heterocycles. The van der Waals surface area contributed by atoms with E-state index in [1.54, 1.807) is 0 Å². The van der Waals surface area contributed by atoms with Crippen molar-refractivity contribution < 1.29 is 0 Å². The number of nitrogens with one attached hydrogen (secondary N) is 1. The standard InChI is InChI=1S/C18H22ClN/c1-4-20-18(12-15-7-5-6-13(2)10-15)16-9-8-14(3)11-17(16)19/h5-11,18,20H,4,12H2,1-3H3. The number of hydrogen-bond donors (Lipinski definition) is 1. The van der Waals surface area contributed by atoms with E-state index in [0.717, 1.165) is 18.0 Å². The minimum atomic E-state index is 0.259. The van der Waals surface area contributed by atoms with Gasteiger partial charge in [0.2, 0.25) is 0 Å². The Balaban J connectivity index is 2.26. The Bertz CT molecular complexity index is 577. The zero-order valence-corrected chi connectivity index (χ0v) is 13.2. The van der Waals surface area contributed by atoms with Crippen molar-refractivity contribution in [3.05, 3.63) is 69.7 Å². The molecule has 0 bridgehead atoms. The first-order valence-corrected chi connectivity index (χ1v) is 7.53. The third kappa shape index (κ3) is 3.84. The molecule has 1 nitrogen and oxygen atoms in total. The molecule has 20 heavy (non-hydrogen) atoms. The molecule has 0 spiro atoms. The van der Waals surface area contributed by atoms with Crippen LogP contribution in [-0.4, -0.2) is 6.54 Å². The molecule has 2 heteroatoms. The lowest BCUT2D eigenvalue weighted by Gasteiger charge is -2.20. The van der Waals surface area contributed by atoms with Gasteiger partial charge < -0.3 is 5.32 Å². The normalized spacial score (nSPS) is 12.4. The van der Waals surface area contributed by atoms with Gasteiger partial charge in [-0.2, -0.15) is 0 Å². The van der Waals surface area contributed by atoms with Crippen LogP contribution < -0.4 is 5.32 Å². The Hall–Kier alpha value is -1.31. The lowest BCUT2D eigenvalue weighted by Crippen LogP contribution is -2.23. The number of rotatable bonds is 5. The van der Waals surface area contributed by atoms with Crippen molar-refractivity contribution in [3.8, 4) is 0 Å². The van der Waals surface area contributed by atoms with E-state index in [9.17, 15) is 0 Å². The Morgan fingerprint density at radius 1 is 1.05 bits per heavy atom. The summed E-state index contributed by atoms with van der Waals surface area (Å²) in [6.07, 6.45) is 0.957. The molecule has 0 amide bonds. The van der Waals surface area contributed by atoms with Gasteiger partial charge in [0.15, 0.2) is 0 Å². The van der Waals surface area contributed by atoms with Crippen LogP contribution >= 0.6 is 11.6 Å². The highest BCUT2D eigenvalue weighted by atomic mass is 35.5. The van der Waals surface area contributed by atoms with Crippen LogP contribution in [0.5, 0.6) is 0 Å². The summed E-state index contributed by atoms with van der Waals surface area (Å²) in [4.78, 5) is 0. The smallest absolute Gasteiger partial charge is 0.0456 e. The molecule has 2 rings (SSSR count). The highest BCUT2D eigenvalue weighted by Crippen LogP contribution is 2.27. The molecular weight excluding hydrogens is 266 g/mol. The van der Waals surface area contributed by atoms with Crippen molar-refractivity contribution >= 4 is 11.6 Å². The first kappa shape index (κ1) is 15.1. The molecule has 1 unspecified atom stereocenters. The largest absolute Gasteiger partial charge is 0.310 e. The molecule has 0 radical (unpaired) electrons. The summed E-state index contributed by atoms with van der Waals surface area (Å²) in [5.41, 5.74) is 5.02. The van der Waals surface area contributed by atoms with E-state index in [-0.39, 0.29) is 6.04 Å². The van der Waals surface area contributed by atoms with Gasteiger partial charge in [-0.25, -0.2) is 0 Å². The summed E-state index contributed by atoms with van der Waals surface area (Å²) >= 11 is 6.42. The average Bonchev–Trinajstić information content (AvgIpc) is 2.38. The molecule has 1 N–H and O–H groups in total. The van der Waals surface area contributed by atoms with E-state index in [4.69, 9.17) is 11.6 Å². The van der Waals surface area contributed by atoms with Gasteiger partial charge in [0, 0.05) is 11.1 Å². The SMILES string of the molecule is CCNC(Cc1cccc(C)c1)c1ccc(C)cc1Cl. The molecule has 2 aromatic rings. The van der Waals surface area contributed by atoms with Crippen molar-refractivity contribution in [1.29, 1.82) is 0 Å². The molecule has 0 aliphatic rings. The van der Waals surface area contributed by atoms with E-state index < -0.39 is 0 Å². The lowest BCUT2D eigenvalue weighted by molar-refractivity contribution is 0.550. The zero-order chi connectivity index (χ0) is 14.5. The van der Waals surface area contributed by atoms with E-state index in [1.165, 1.54) is 22.3 Å². The van der Waals surface area contributed by atoms with Crippen LogP contribution in [0.25, 0.3) is 0 Å². The Kier molecular flexibility index (Phi) is 5.22. The fraction of sp³-hybridized carbons (Fsp3) is 0.333. The number of aryl methyl sites for hydroxylation is 2. The van der Waals surface area contributed by atoms with Crippen molar-refractivity contribution in [3.63, 3.8) is 0 Å². The Labute approximate surface area is 127 Å². The van der Waals surface area contributed by atoms with E-state index in [2.05, 4.69) is 62.5 Å². The second-order valence-electron chi connectivity index (χ2n) is 5.33. The van der Waals surface area contributed by atoms with E-state index >= 15 is 0 Å². The summed E-state index contributed by atoms with van der Waals surface area (Å²) in [6.45, 7) is 7.26. The topological polar surface area (TPSA) is 12.0 Å². The number of likely N-dealkylation sites (N-methyl/N-ethyl adjacent to an activating group) is 1. The molecule has 2 aromatic carbocycles. The van der Waals surface area contributed by atoms with Gasteiger partial charge in [-0.1, -0.05) is 60.5 Å². The first-order chi connectivity index (χ1) is 9.60. The van der Waals surface area contributed by atoms with Crippen LogP contribution in [0.15, 0.2) is 42.5 Å². The van der Waals surface area contributed by atoms with Crippen LogP contribution in [0.3, 0.4) is 0 Å². The minimum absolute atomic E-state index is 0.259. The molecule has 106 valence electrons. The summed E-state index contributed by atoms with van der Waals surface area (Å²) < 4.78 is 0. The van der Waals surface area contributed by atoms with Gasteiger partial charge in [-0.15, -0.1) is 0 Å². The summed E-state index contributed by atoms with van der Waals surface area (Å²) in [5, 5.41) is 4.39. The molecule has 0 saturated carbocycles. The van der Waals surface area contributed by atoms with Crippen molar-refractivity contribution in [2.75, 3.05) is 6.54 Å². The van der Waals surface area contributed by atoms with Gasteiger partial charge in [-0.3, -0.25) is 0 Å². The Morgan fingerprint density at radius 3 is 2.45 bits per heavy atom. The number of halogens is 1. The lowest BCUT2D eigenvalue weighted by atomic mass is 9.97. The van der Waals surface area contributed by atoms with E-state index in [0.29, 0.717) is 0 Å². The number of benzene rings is 2. The number of hydrogen-bond acceptors (Lipinski definition) is 1. The average molecular weight is 288 g/mol. The van der Waals surface area contributed by atoms with Crippen molar-refractivity contribution in [1.82, 2.24) is 5.32 Å². The maximum Gasteiger partial charge on any atom is 0.0456 e. The predicted molar refractivity (Wildman–Crippen MR) is 87.5 cm³/mol. The maximum absolute atomic E-state index is 6.42.